The predicted octanol–water partition coefficient (Wildman–Crippen LogP) is 2.94. The highest BCUT2D eigenvalue weighted by Gasteiger charge is 2.02. The van der Waals surface area contributed by atoms with Crippen LogP contribution >= 0.6 is 15.9 Å². The molecule has 0 radical (unpaired) electrons. The van der Waals surface area contributed by atoms with E-state index in [4.69, 9.17) is 5.11 Å². The van der Waals surface area contributed by atoms with E-state index >= 15 is 0 Å². The molecule has 1 rings (SSSR count). The van der Waals surface area contributed by atoms with Crippen LogP contribution in [0.25, 0.3) is 0 Å². The maximum absolute atomic E-state index is 12.3. The number of hydrogen-bond acceptors (Lipinski definition) is 1. The number of carboxylic acids is 1. The van der Waals surface area contributed by atoms with Crippen LogP contribution in [0, 0.1) is 0 Å². The van der Waals surface area contributed by atoms with Crippen molar-refractivity contribution in [1.82, 2.24) is 0 Å². The molecule has 0 saturated carbocycles. The Kier molecular flexibility index (Phi) is 4.07. The normalized spacial score (nSPS) is 10.1. The molecular weight excluding hydrogens is 251 g/mol. The van der Waals surface area contributed by atoms with Crippen LogP contribution in [-0.2, 0) is 17.9 Å². The van der Waals surface area contributed by atoms with Crippen molar-refractivity contribution in [3.8, 4) is 0 Å². The van der Waals surface area contributed by atoms with Gasteiger partial charge in [-0.3, -0.25) is 4.79 Å². The van der Waals surface area contributed by atoms with Gasteiger partial charge in [-0.1, -0.05) is 22.0 Å². The number of alkyl halides is 1. The van der Waals surface area contributed by atoms with E-state index in [0.29, 0.717) is 12.0 Å². The lowest BCUT2D eigenvalue weighted by Gasteiger charge is -2.02. The van der Waals surface area contributed by atoms with Crippen LogP contribution in [0.1, 0.15) is 17.5 Å². The second-order valence-corrected chi connectivity index (χ2v) is 3.91. The SMILES string of the molecule is O=C(O)CCc1cc(Br)cc(CF)c1. The van der Waals surface area contributed by atoms with Gasteiger partial charge in [0.2, 0.25) is 0 Å². The van der Waals surface area contributed by atoms with Gasteiger partial charge in [-0.05, 0) is 29.7 Å². The molecule has 0 fully saturated rings. The topological polar surface area (TPSA) is 37.3 Å². The summed E-state index contributed by atoms with van der Waals surface area (Å²) >= 11 is 3.25. The van der Waals surface area contributed by atoms with Crippen LogP contribution in [0.2, 0.25) is 0 Å². The molecule has 0 bridgehead atoms. The Morgan fingerprint density at radius 1 is 1.36 bits per heavy atom. The lowest BCUT2D eigenvalue weighted by Crippen LogP contribution is -1.98. The third kappa shape index (κ3) is 3.46. The summed E-state index contributed by atoms with van der Waals surface area (Å²) in [5.41, 5.74) is 1.41. The summed E-state index contributed by atoms with van der Waals surface area (Å²) in [6.45, 7) is -0.528. The van der Waals surface area contributed by atoms with Crippen molar-refractivity contribution in [1.29, 1.82) is 0 Å². The fraction of sp³-hybridized carbons (Fsp3) is 0.300. The fourth-order valence-corrected chi connectivity index (χ4v) is 1.78. The van der Waals surface area contributed by atoms with Crippen LogP contribution in [-0.4, -0.2) is 11.1 Å². The molecule has 1 aromatic carbocycles. The monoisotopic (exact) mass is 260 g/mol. The highest BCUT2D eigenvalue weighted by Crippen LogP contribution is 2.17. The summed E-state index contributed by atoms with van der Waals surface area (Å²) in [6, 6.07) is 5.18. The van der Waals surface area contributed by atoms with E-state index in [9.17, 15) is 9.18 Å². The molecule has 0 aliphatic carbocycles. The first-order chi connectivity index (χ1) is 6.61. The van der Waals surface area contributed by atoms with E-state index in [1.807, 2.05) is 6.07 Å². The molecule has 0 aromatic heterocycles. The Morgan fingerprint density at radius 2 is 2.00 bits per heavy atom. The molecule has 1 N–H and O–H groups in total. The molecule has 0 unspecified atom stereocenters. The number of benzene rings is 1. The maximum Gasteiger partial charge on any atom is 0.303 e. The highest BCUT2D eigenvalue weighted by molar-refractivity contribution is 9.10. The molecule has 2 nitrogen and oxygen atoms in total. The van der Waals surface area contributed by atoms with Gasteiger partial charge < -0.3 is 5.11 Å². The van der Waals surface area contributed by atoms with Crippen molar-refractivity contribution in [2.24, 2.45) is 0 Å². The molecule has 0 heterocycles. The highest BCUT2D eigenvalue weighted by atomic mass is 79.9. The van der Waals surface area contributed by atoms with Gasteiger partial charge in [0.1, 0.15) is 6.67 Å². The maximum atomic E-state index is 12.3. The number of aliphatic carboxylic acids is 1. The number of carbonyl (C=O) groups is 1. The quantitative estimate of drug-likeness (QED) is 0.904. The van der Waals surface area contributed by atoms with Crippen LogP contribution in [0.4, 0.5) is 4.39 Å². The van der Waals surface area contributed by atoms with Crippen LogP contribution < -0.4 is 0 Å². The minimum Gasteiger partial charge on any atom is -0.481 e. The molecule has 76 valence electrons. The van der Waals surface area contributed by atoms with Gasteiger partial charge in [0.25, 0.3) is 0 Å². The molecule has 14 heavy (non-hydrogen) atoms. The second kappa shape index (κ2) is 5.10. The van der Waals surface area contributed by atoms with Crippen molar-refractivity contribution in [3.05, 3.63) is 33.8 Å². The smallest absolute Gasteiger partial charge is 0.303 e. The zero-order chi connectivity index (χ0) is 10.6. The number of carboxylic acid groups (broad SMARTS) is 1. The van der Waals surface area contributed by atoms with Gasteiger partial charge in [0, 0.05) is 10.9 Å². The Morgan fingerprint density at radius 3 is 2.57 bits per heavy atom. The zero-order valence-electron chi connectivity index (χ0n) is 7.46. The fourth-order valence-electron chi connectivity index (χ4n) is 1.19. The Balaban J connectivity index is 2.76. The molecule has 0 atom stereocenters. The lowest BCUT2D eigenvalue weighted by molar-refractivity contribution is -0.136. The first kappa shape index (κ1) is 11.2. The van der Waals surface area contributed by atoms with E-state index in [-0.39, 0.29) is 6.42 Å². The van der Waals surface area contributed by atoms with Crippen molar-refractivity contribution < 1.29 is 14.3 Å². The minimum absolute atomic E-state index is 0.0716. The summed E-state index contributed by atoms with van der Waals surface area (Å²) in [7, 11) is 0. The summed E-state index contributed by atoms with van der Waals surface area (Å²) in [5.74, 6) is -0.841. The molecule has 0 aliphatic rings. The number of rotatable bonds is 4. The molecule has 0 spiro atoms. The first-order valence-electron chi connectivity index (χ1n) is 4.18. The largest absolute Gasteiger partial charge is 0.481 e. The van der Waals surface area contributed by atoms with Gasteiger partial charge in [-0.2, -0.15) is 0 Å². The molecule has 0 saturated heterocycles. The third-order valence-corrected chi connectivity index (χ3v) is 2.26. The second-order valence-electron chi connectivity index (χ2n) is 3.00. The number of aryl methyl sites for hydroxylation is 1. The van der Waals surface area contributed by atoms with E-state index < -0.39 is 12.6 Å². The van der Waals surface area contributed by atoms with E-state index in [1.165, 1.54) is 0 Å². The van der Waals surface area contributed by atoms with E-state index in [2.05, 4.69) is 15.9 Å². The Labute approximate surface area is 89.9 Å². The van der Waals surface area contributed by atoms with E-state index in [0.717, 1.165) is 10.0 Å². The molecule has 0 aliphatic heterocycles. The standard InChI is InChI=1S/C10H10BrFO2/c11-9-4-7(1-2-10(13)14)3-8(5-9)6-12/h3-5H,1-2,6H2,(H,13,14). The van der Waals surface area contributed by atoms with Gasteiger partial charge in [-0.25, -0.2) is 4.39 Å². The van der Waals surface area contributed by atoms with Crippen molar-refractivity contribution in [3.63, 3.8) is 0 Å². The summed E-state index contributed by atoms with van der Waals surface area (Å²) in [4.78, 5) is 10.3. The van der Waals surface area contributed by atoms with Gasteiger partial charge in [0.15, 0.2) is 0 Å². The third-order valence-electron chi connectivity index (χ3n) is 1.80. The Hall–Kier alpha value is -0.900. The van der Waals surface area contributed by atoms with Crippen LogP contribution in [0.3, 0.4) is 0 Å². The van der Waals surface area contributed by atoms with Gasteiger partial charge in [-0.15, -0.1) is 0 Å². The zero-order valence-corrected chi connectivity index (χ0v) is 9.05. The average molecular weight is 261 g/mol. The lowest BCUT2D eigenvalue weighted by atomic mass is 10.1. The summed E-state index contributed by atoms with van der Waals surface area (Å²) in [5, 5.41) is 8.48. The van der Waals surface area contributed by atoms with Crippen LogP contribution in [0.15, 0.2) is 22.7 Å². The molecule has 0 amide bonds. The minimum atomic E-state index is -0.841. The molecule has 1 aromatic rings. The van der Waals surface area contributed by atoms with Crippen molar-refractivity contribution >= 4 is 21.9 Å². The van der Waals surface area contributed by atoms with E-state index in [1.54, 1.807) is 12.1 Å². The van der Waals surface area contributed by atoms with Gasteiger partial charge >= 0.3 is 5.97 Å². The number of hydrogen-bond donors (Lipinski definition) is 1. The number of halogens is 2. The predicted molar refractivity (Wildman–Crippen MR) is 54.9 cm³/mol. The molecular formula is C10H10BrFO2. The molecule has 4 heteroatoms. The van der Waals surface area contributed by atoms with Crippen LogP contribution in [0.5, 0.6) is 0 Å². The average Bonchev–Trinajstić information content (AvgIpc) is 2.14. The first-order valence-corrected chi connectivity index (χ1v) is 4.97. The Bertz CT molecular complexity index is 339. The summed E-state index contributed by atoms with van der Waals surface area (Å²) < 4.78 is 13.1. The summed E-state index contributed by atoms with van der Waals surface area (Å²) in [6.07, 6.45) is 0.504. The van der Waals surface area contributed by atoms with Gasteiger partial charge in [0.05, 0.1) is 0 Å². The van der Waals surface area contributed by atoms with Crippen molar-refractivity contribution in [2.75, 3.05) is 0 Å². The van der Waals surface area contributed by atoms with Crippen molar-refractivity contribution in [2.45, 2.75) is 19.5 Å².